The number of carbonyl (C=O) groups is 1. The highest BCUT2D eigenvalue weighted by Gasteiger charge is 2.18. The lowest BCUT2D eigenvalue weighted by Gasteiger charge is -2.32. The monoisotopic (exact) mass is 214 g/mol. The van der Waals surface area contributed by atoms with E-state index < -0.39 is 0 Å². The minimum atomic E-state index is 0.0894. The van der Waals surface area contributed by atoms with Crippen LogP contribution in [0.15, 0.2) is 0 Å². The van der Waals surface area contributed by atoms with Gasteiger partial charge in [-0.1, -0.05) is 13.8 Å². The van der Waals surface area contributed by atoms with Crippen LogP contribution in [0.2, 0.25) is 0 Å². The summed E-state index contributed by atoms with van der Waals surface area (Å²) >= 11 is 0. The minimum absolute atomic E-state index is 0.0894. The predicted molar refractivity (Wildman–Crippen MR) is 64.8 cm³/mol. The van der Waals surface area contributed by atoms with Crippen molar-refractivity contribution in [3.05, 3.63) is 0 Å². The highest BCUT2D eigenvalue weighted by Crippen LogP contribution is 2.05. The van der Waals surface area contributed by atoms with Gasteiger partial charge in [-0.15, -0.1) is 0 Å². The third kappa shape index (κ3) is 4.65. The molecule has 0 radical (unpaired) electrons. The Balaban J connectivity index is 4.17. The smallest absolute Gasteiger partial charge is 0.224 e. The number of rotatable bonds is 5. The molecule has 0 saturated heterocycles. The van der Waals surface area contributed by atoms with Gasteiger partial charge in [0.05, 0.1) is 0 Å². The molecule has 0 rings (SSSR count). The van der Waals surface area contributed by atoms with E-state index >= 15 is 0 Å². The third-order valence-corrected chi connectivity index (χ3v) is 2.92. The second-order valence-electron chi connectivity index (χ2n) is 4.98. The van der Waals surface area contributed by atoms with Gasteiger partial charge in [0.2, 0.25) is 5.91 Å². The molecular formula is C12H26N2O. The number of carbonyl (C=O) groups excluding carboxylic acids is 1. The van der Waals surface area contributed by atoms with Crippen molar-refractivity contribution in [1.82, 2.24) is 9.80 Å². The molecule has 1 atom stereocenters. The molecule has 0 saturated carbocycles. The molecule has 0 N–H and O–H groups in total. The molecule has 0 aromatic heterocycles. The summed E-state index contributed by atoms with van der Waals surface area (Å²) < 4.78 is 0. The van der Waals surface area contributed by atoms with Crippen LogP contribution in [-0.2, 0) is 4.79 Å². The summed E-state index contributed by atoms with van der Waals surface area (Å²) in [5.74, 6) is 0.311. The Labute approximate surface area is 94.4 Å². The Morgan fingerprint density at radius 2 is 1.53 bits per heavy atom. The molecule has 1 unspecified atom stereocenters. The number of likely N-dealkylation sites (N-methyl/N-ethyl adjacent to an activating group) is 2. The summed E-state index contributed by atoms with van der Waals surface area (Å²) in [6.45, 7) is 11.2. The molecule has 1 amide bonds. The maximum absolute atomic E-state index is 11.7. The van der Waals surface area contributed by atoms with Gasteiger partial charge in [0.1, 0.15) is 0 Å². The number of nitrogens with zero attached hydrogens (tertiary/aromatic N) is 2. The first-order valence-corrected chi connectivity index (χ1v) is 5.74. The lowest BCUT2D eigenvalue weighted by Crippen LogP contribution is -2.44. The van der Waals surface area contributed by atoms with E-state index in [1.165, 1.54) is 0 Å². The normalized spacial score (nSPS) is 13.7. The van der Waals surface area contributed by atoms with Crippen LogP contribution in [0, 0.1) is 5.92 Å². The van der Waals surface area contributed by atoms with E-state index in [1.54, 1.807) is 0 Å². The van der Waals surface area contributed by atoms with Gasteiger partial charge in [-0.05, 0) is 27.8 Å². The number of hydrogen-bond acceptors (Lipinski definition) is 2. The molecule has 0 aliphatic carbocycles. The van der Waals surface area contributed by atoms with Gasteiger partial charge < -0.3 is 4.90 Å². The highest BCUT2D eigenvalue weighted by atomic mass is 16.2. The fraction of sp³-hybridized carbons (Fsp3) is 0.917. The van der Waals surface area contributed by atoms with E-state index in [0.717, 1.165) is 6.54 Å². The molecular weight excluding hydrogens is 188 g/mol. The van der Waals surface area contributed by atoms with Crippen LogP contribution in [0.4, 0.5) is 0 Å². The molecule has 0 heterocycles. The van der Waals surface area contributed by atoms with Gasteiger partial charge >= 0.3 is 0 Å². The van der Waals surface area contributed by atoms with Crippen LogP contribution in [0.25, 0.3) is 0 Å². The Hall–Kier alpha value is -0.570. The zero-order valence-corrected chi connectivity index (χ0v) is 11.2. The summed E-state index contributed by atoms with van der Waals surface area (Å²) in [7, 11) is 3.98. The molecule has 0 bridgehead atoms. The zero-order chi connectivity index (χ0) is 12.2. The summed E-state index contributed by atoms with van der Waals surface area (Å²) in [5, 5.41) is 0. The lowest BCUT2D eigenvalue weighted by molar-refractivity contribution is -0.133. The Kier molecular flexibility index (Phi) is 5.88. The van der Waals surface area contributed by atoms with Gasteiger partial charge in [-0.2, -0.15) is 0 Å². The first-order valence-electron chi connectivity index (χ1n) is 5.74. The van der Waals surface area contributed by atoms with Crippen molar-refractivity contribution >= 4 is 5.91 Å². The van der Waals surface area contributed by atoms with Crippen LogP contribution in [0.3, 0.4) is 0 Å². The van der Waals surface area contributed by atoms with E-state index in [4.69, 9.17) is 0 Å². The van der Waals surface area contributed by atoms with Crippen LogP contribution in [-0.4, -0.2) is 48.4 Å². The average molecular weight is 214 g/mol. The van der Waals surface area contributed by atoms with E-state index in [9.17, 15) is 4.79 Å². The molecule has 15 heavy (non-hydrogen) atoms. The van der Waals surface area contributed by atoms with Crippen LogP contribution >= 0.6 is 0 Å². The van der Waals surface area contributed by atoms with Crippen molar-refractivity contribution in [3.8, 4) is 0 Å². The van der Waals surface area contributed by atoms with Crippen LogP contribution in [0.5, 0.6) is 0 Å². The largest absolute Gasteiger partial charge is 0.344 e. The molecule has 3 nitrogen and oxygen atoms in total. The standard InChI is InChI=1S/C12H26N2O/c1-9(2)12(15)13(6)8-11(5)14(7)10(3)4/h9-11H,8H2,1-7H3. The van der Waals surface area contributed by atoms with Crippen molar-refractivity contribution in [2.75, 3.05) is 20.6 Å². The van der Waals surface area contributed by atoms with Crippen molar-refractivity contribution in [1.29, 1.82) is 0 Å². The van der Waals surface area contributed by atoms with Gasteiger partial charge in [0.25, 0.3) is 0 Å². The van der Waals surface area contributed by atoms with Crippen LogP contribution in [0.1, 0.15) is 34.6 Å². The fourth-order valence-electron chi connectivity index (χ4n) is 1.56. The molecule has 0 aromatic rings. The zero-order valence-electron chi connectivity index (χ0n) is 11.2. The van der Waals surface area contributed by atoms with Crippen molar-refractivity contribution in [2.45, 2.75) is 46.7 Å². The second kappa shape index (κ2) is 6.11. The number of amides is 1. The fourth-order valence-corrected chi connectivity index (χ4v) is 1.56. The maximum atomic E-state index is 11.7. The average Bonchev–Trinajstić information content (AvgIpc) is 2.14. The van der Waals surface area contributed by atoms with Gasteiger partial charge in [0.15, 0.2) is 0 Å². The highest BCUT2D eigenvalue weighted by molar-refractivity contribution is 5.77. The van der Waals surface area contributed by atoms with Crippen molar-refractivity contribution in [3.63, 3.8) is 0 Å². The molecule has 0 aliphatic heterocycles. The van der Waals surface area contributed by atoms with Crippen molar-refractivity contribution < 1.29 is 4.79 Å². The first-order chi connectivity index (χ1) is 6.77. The van der Waals surface area contributed by atoms with Gasteiger partial charge in [0, 0.05) is 31.6 Å². The van der Waals surface area contributed by atoms with E-state index in [-0.39, 0.29) is 11.8 Å². The molecule has 3 heteroatoms. The topological polar surface area (TPSA) is 23.6 Å². The third-order valence-electron chi connectivity index (χ3n) is 2.92. The Bertz CT molecular complexity index is 202. The van der Waals surface area contributed by atoms with Gasteiger partial charge in [-0.25, -0.2) is 0 Å². The number of hydrogen-bond donors (Lipinski definition) is 0. The van der Waals surface area contributed by atoms with Crippen LogP contribution < -0.4 is 0 Å². The van der Waals surface area contributed by atoms with Gasteiger partial charge in [-0.3, -0.25) is 9.69 Å². The Morgan fingerprint density at radius 1 is 1.07 bits per heavy atom. The molecule has 0 aromatic carbocycles. The quantitative estimate of drug-likeness (QED) is 0.697. The summed E-state index contributed by atoms with van der Waals surface area (Å²) in [6, 6.07) is 0.917. The van der Waals surface area contributed by atoms with E-state index in [0.29, 0.717) is 12.1 Å². The molecule has 0 fully saturated rings. The minimum Gasteiger partial charge on any atom is -0.344 e. The van der Waals surface area contributed by atoms with E-state index in [1.807, 2.05) is 25.8 Å². The molecule has 0 spiro atoms. The second-order valence-corrected chi connectivity index (χ2v) is 4.98. The molecule has 90 valence electrons. The summed E-state index contributed by atoms with van der Waals surface area (Å²) in [6.07, 6.45) is 0. The maximum Gasteiger partial charge on any atom is 0.224 e. The summed E-state index contributed by atoms with van der Waals surface area (Å²) in [5.41, 5.74) is 0. The predicted octanol–water partition coefficient (Wildman–Crippen LogP) is 1.83. The molecule has 0 aliphatic rings. The SMILES string of the molecule is CC(C)C(=O)N(C)CC(C)N(C)C(C)C. The van der Waals surface area contributed by atoms with E-state index in [2.05, 4.69) is 32.7 Å². The van der Waals surface area contributed by atoms with Crippen molar-refractivity contribution in [2.24, 2.45) is 5.92 Å². The Morgan fingerprint density at radius 3 is 1.87 bits per heavy atom. The first kappa shape index (κ1) is 14.4. The lowest BCUT2D eigenvalue weighted by atomic mass is 10.1. The summed E-state index contributed by atoms with van der Waals surface area (Å²) in [4.78, 5) is 15.8.